The molecule has 1 fully saturated rings. The van der Waals surface area contributed by atoms with Gasteiger partial charge in [0.2, 0.25) is 0 Å². The van der Waals surface area contributed by atoms with Crippen molar-refractivity contribution < 1.29 is 4.74 Å². The van der Waals surface area contributed by atoms with E-state index in [1.807, 2.05) is 26.1 Å². The molecule has 3 aromatic rings. The van der Waals surface area contributed by atoms with Crippen molar-refractivity contribution in [3.63, 3.8) is 0 Å². The average Bonchev–Trinajstić information content (AvgIpc) is 3.48. The number of aryl methyl sites for hydroxylation is 2. The van der Waals surface area contributed by atoms with E-state index in [9.17, 15) is 4.79 Å². The highest BCUT2D eigenvalue weighted by atomic mass is 16.5. The van der Waals surface area contributed by atoms with E-state index in [-0.39, 0.29) is 11.6 Å². The molecule has 5 heteroatoms. The topological polar surface area (TPSA) is 70.1 Å². The number of ether oxygens (including phenoxy) is 1. The van der Waals surface area contributed by atoms with Crippen LogP contribution in [0.1, 0.15) is 50.3 Å². The lowest BCUT2D eigenvalue weighted by atomic mass is 10.0. The second-order valence-electron chi connectivity index (χ2n) is 8.57. The summed E-state index contributed by atoms with van der Waals surface area (Å²) in [4.78, 5) is 17.3. The molecule has 0 radical (unpaired) electrons. The molecule has 148 valence electrons. The Bertz CT molecular complexity index is 1100. The molecule has 0 saturated heterocycles. The zero-order chi connectivity index (χ0) is 20.0. The van der Waals surface area contributed by atoms with Crippen molar-refractivity contribution in [3.05, 3.63) is 46.0 Å². The Hall–Kier alpha value is -2.40. The van der Waals surface area contributed by atoms with Gasteiger partial charge in [0.25, 0.3) is 5.56 Å². The van der Waals surface area contributed by atoms with E-state index in [0.29, 0.717) is 23.8 Å². The standard InChI is InChI=1S/C23H29N3O2/c1-13(2)9-16(24)12-28-21-11-20-19(10-18(21)15-5-6-15)17-7-8-25-14(3)22(17)23(27)26(20)4/h7-8,10-11,13,15-16H,5-6,9,12,24H2,1-4H3/t16-/m0/s1. The first-order valence-corrected chi connectivity index (χ1v) is 10.2. The van der Waals surface area contributed by atoms with Crippen LogP contribution in [0.3, 0.4) is 0 Å². The van der Waals surface area contributed by atoms with Crippen LogP contribution in [0.15, 0.2) is 29.2 Å². The fraction of sp³-hybridized carbons (Fsp3) is 0.478. The molecule has 5 nitrogen and oxygen atoms in total. The van der Waals surface area contributed by atoms with Gasteiger partial charge in [-0.1, -0.05) is 13.8 Å². The van der Waals surface area contributed by atoms with Crippen molar-refractivity contribution in [1.82, 2.24) is 9.55 Å². The minimum atomic E-state index is -0.0188. The zero-order valence-electron chi connectivity index (χ0n) is 17.2. The number of nitrogens with two attached hydrogens (primary N) is 1. The molecule has 1 aliphatic carbocycles. The largest absolute Gasteiger partial charge is 0.492 e. The third-order valence-electron chi connectivity index (χ3n) is 5.68. The molecule has 0 aliphatic heterocycles. The van der Waals surface area contributed by atoms with Crippen molar-refractivity contribution >= 4 is 21.7 Å². The average molecular weight is 380 g/mol. The second kappa shape index (κ2) is 7.21. The molecular formula is C23H29N3O2. The van der Waals surface area contributed by atoms with Crippen molar-refractivity contribution in [2.45, 2.75) is 52.0 Å². The first kappa shape index (κ1) is 18.9. The lowest BCUT2D eigenvalue weighted by Gasteiger charge is -2.19. The molecular weight excluding hydrogens is 350 g/mol. The highest BCUT2D eigenvalue weighted by Crippen LogP contribution is 2.46. The van der Waals surface area contributed by atoms with Gasteiger partial charge in [-0.25, -0.2) is 0 Å². The Labute approximate surface area is 165 Å². The molecule has 0 bridgehead atoms. The van der Waals surface area contributed by atoms with E-state index in [4.69, 9.17) is 10.5 Å². The summed E-state index contributed by atoms with van der Waals surface area (Å²) in [7, 11) is 1.82. The molecule has 1 aliphatic rings. The van der Waals surface area contributed by atoms with Gasteiger partial charge in [-0.05, 0) is 61.1 Å². The number of benzene rings is 1. The van der Waals surface area contributed by atoms with Crippen LogP contribution in [0.25, 0.3) is 21.7 Å². The van der Waals surface area contributed by atoms with Gasteiger partial charge >= 0.3 is 0 Å². The molecule has 2 N–H and O–H groups in total. The molecule has 1 saturated carbocycles. The SMILES string of the molecule is Cc1nccc2c1c(=O)n(C)c1cc(OC[C@@H](N)CC(C)C)c(C3CC3)cc21. The summed E-state index contributed by atoms with van der Waals surface area (Å²) in [5.74, 6) is 1.95. The van der Waals surface area contributed by atoms with Crippen LogP contribution in [0.4, 0.5) is 0 Å². The first-order chi connectivity index (χ1) is 13.4. The van der Waals surface area contributed by atoms with Gasteiger partial charge < -0.3 is 15.0 Å². The molecule has 1 atom stereocenters. The van der Waals surface area contributed by atoms with E-state index in [0.717, 1.165) is 34.2 Å². The Kier molecular flexibility index (Phi) is 4.88. The maximum absolute atomic E-state index is 13.0. The lowest BCUT2D eigenvalue weighted by molar-refractivity contribution is 0.269. The van der Waals surface area contributed by atoms with E-state index in [1.165, 1.54) is 18.4 Å². The van der Waals surface area contributed by atoms with Gasteiger partial charge in [-0.2, -0.15) is 0 Å². The fourth-order valence-corrected chi connectivity index (χ4v) is 4.13. The number of rotatable bonds is 6. The van der Waals surface area contributed by atoms with E-state index < -0.39 is 0 Å². The van der Waals surface area contributed by atoms with E-state index >= 15 is 0 Å². The van der Waals surface area contributed by atoms with E-state index in [1.54, 1.807) is 10.8 Å². The van der Waals surface area contributed by atoms with Gasteiger partial charge in [0.1, 0.15) is 12.4 Å². The van der Waals surface area contributed by atoms with Crippen LogP contribution in [0.5, 0.6) is 5.75 Å². The summed E-state index contributed by atoms with van der Waals surface area (Å²) >= 11 is 0. The number of pyridine rings is 2. The number of fused-ring (bicyclic) bond motifs is 3. The monoisotopic (exact) mass is 379 g/mol. The van der Waals surface area contributed by atoms with Gasteiger partial charge in [-0.3, -0.25) is 9.78 Å². The van der Waals surface area contributed by atoms with Crippen LogP contribution in [-0.2, 0) is 7.05 Å². The van der Waals surface area contributed by atoms with Crippen molar-refractivity contribution in [3.8, 4) is 5.75 Å². The summed E-state index contributed by atoms with van der Waals surface area (Å²) in [5, 5.41) is 2.76. The summed E-state index contributed by atoms with van der Waals surface area (Å²) in [5.41, 5.74) is 9.11. The van der Waals surface area contributed by atoms with Crippen LogP contribution in [0, 0.1) is 12.8 Å². The molecule has 2 aromatic heterocycles. The predicted octanol–water partition coefficient (Wildman–Crippen LogP) is 4.02. The number of hydrogen-bond acceptors (Lipinski definition) is 4. The lowest BCUT2D eigenvalue weighted by Crippen LogP contribution is -2.29. The Balaban J connectivity index is 1.85. The van der Waals surface area contributed by atoms with Gasteiger partial charge in [-0.15, -0.1) is 0 Å². The maximum atomic E-state index is 13.0. The second-order valence-corrected chi connectivity index (χ2v) is 8.57. The van der Waals surface area contributed by atoms with Crippen molar-refractivity contribution in [2.75, 3.05) is 6.61 Å². The van der Waals surface area contributed by atoms with Crippen LogP contribution in [-0.4, -0.2) is 22.2 Å². The fourth-order valence-electron chi connectivity index (χ4n) is 4.13. The minimum Gasteiger partial charge on any atom is -0.492 e. The minimum absolute atomic E-state index is 0.0110. The quantitative estimate of drug-likeness (QED) is 0.657. The molecule has 0 unspecified atom stereocenters. The third kappa shape index (κ3) is 3.39. The summed E-state index contributed by atoms with van der Waals surface area (Å²) in [6.45, 7) is 6.73. The van der Waals surface area contributed by atoms with Crippen molar-refractivity contribution in [2.24, 2.45) is 18.7 Å². The van der Waals surface area contributed by atoms with Gasteiger partial charge in [0.05, 0.1) is 16.6 Å². The Morgan fingerprint density at radius 2 is 2.04 bits per heavy atom. The Morgan fingerprint density at radius 1 is 1.29 bits per heavy atom. The molecule has 1 aromatic carbocycles. The summed E-state index contributed by atoms with van der Waals surface area (Å²) in [6, 6.07) is 6.21. The zero-order valence-corrected chi connectivity index (χ0v) is 17.2. The van der Waals surface area contributed by atoms with Crippen LogP contribution in [0.2, 0.25) is 0 Å². The number of hydrogen-bond donors (Lipinski definition) is 1. The van der Waals surface area contributed by atoms with Crippen molar-refractivity contribution in [1.29, 1.82) is 0 Å². The molecule has 4 rings (SSSR count). The third-order valence-corrected chi connectivity index (χ3v) is 5.68. The van der Waals surface area contributed by atoms with Crippen LogP contribution < -0.4 is 16.0 Å². The molecule has 28 heavy (non-hydrogen) atoms. The van der Waals surface area contributed by atoms with Gasteiger partial charge in [0, 0.05) is 30.7 Å². The normalized spacial score (nSPS) is 15.5. The first-order valence-electron chi connectivity index (χ1n) is 10.2. The maximum Gasteiger partial charge on any atom is 0.260 e. The Morgan fingerprint density at radius 3 is 2.71 bits per heavy atom. The highest BCUT2D eigenvalue weighted by molar-refractivity contribution is 6.07. The number of nitrogens with zero attached hydrogens (tertiary/aromatic N) is 2. The predicted molar refractivity (Wildman–Crippen MR) is 114 cm³/mol. The molecule has 0 amide bonds. The van der Waals surface area contributed by atoms with E-state index in [2.05, 4.69) is 24.9 Å². The smallest absolute Gasteiger partial charge is 0.260 e. The highest BCUT2D eigenvalue weighted by Gasteiger charge is 2.28. The summed E-state index contributed by atoms with van der Waals surface area (Å²) < 4.78 is 7.90. The van der Waals surface area contributed by atoms with Gasteiger partial charge in [0.15, 0.2) is 0 Å². The van der Waals surface area contributed by atoms with Crippen LogP contribution >= 0.6 is 0 Å². The molecule has 2 heterocycles. The molecule has 0 spiro atoms. The summed E-state index contributed by atoms with van der Waals surface area (Å²) in [6.07, 6.45) is 5.08. The number of aromatic nitrogens is 2.